The van der Waals surface area contributed by atoms with E-state index in [1.807, 2.05) is 30.0 Å². The summed E-state index contributed by atoms with van der Waals surface area (Å²) >= 11 is 0. The number of pyridine rings is 1. The second-order valence-corrected chi connectivity index (χ2v) is 7.23. The zero-order valence-corrected chi connectivity index (χ0v) is 14.0. The Morgan fingerprint density at radius 3 is 3.00 bits per heavy atom. The van der Waals surface area contributed by atoms with Gasteiger partial charge in [-0.3, -0.25) is 4.79 Å². The molecule has 4 heterocycles. The smallest absolute Gasteiger partial charge is 0.225 e. The second kappa shape index (κ2) is 5.97. The SMILES string of the molecule is Cc1cccc(N2CCC(C(=O)N[C@@H]3C[C@@H]4CC[C@H]3N4C#N)C2)n1. The highest BCUT2D eigenvalue weighted by Crippen LogP contribution is 2.37. The van der Waals surface area contributed by atoms with E-state index in [1.165, 1.54) is 0 Å². The summed E-state index contributed by atoms with van der Waals surface area (Å²) < 4.78 is 0. The van der Waals surface area contributed by atoms with Crippen LogP contribution in [0.1, 0.15) is 31.4 Å². The predicted molar refractivity (Wildman–Crippen MR) is 90.1 cm³/mol. The van der Waals surface area contributed by atoms with Gasteiger partial charge >= 0.3 is 0 Å². The minimum absolute atomic E-state index is 0.0157. The summed E-state index contributed by atoms with van der Waals surface area (Å²) in [5, 5.41) is 12.5. The maximum Gasteiger partial charge on any atom is 0.225 e. The Bertz CT molecular complexity index is 684. The van der Waals surface area contributed by atoms with Gasteiger partial charge in [-0.1, -0.05) is 6.07 Å². The molecule has 3 fully saturated rings. The third-order valence-electron chi connectivity index (χ3n) is 5.74. The molecule has 4 rings (SSSR count). The Morgan fingerprint density at radius 1 is 1.38 bits per heavy atom. The number of nitrogens with zero attached hydrogens (tertiary/aromatic N) is 4. The highest BCUT2D eigenvalue weighted by Gasteiger charge is 2.47. The number of amides is 1. The summed E-state index contributed by atoms with van der Waals surface area (Å²) in [6, 6.07) is 6.69. The van der Waals surface area contributed by atoms with E-state index in [0.717, 1.165) is 50.3 Å². The molecule has 0 spiro atoms. The Kier molecular flexibility index (Phi) is 3.79. The minimum Gasteiger partial charge on any atom is -0.356 e. The fourth-order valence-corrected chi connectivity index (χ4v) is 4.49. The molecular formula is C18H23N5O. The Balaban J connectivity index is 1.36. The molecule has 3 aliphatic rings. The number of fused-ring (bicyclic) bond motifs is 2. The number of nitrogens with one attached hydrogen (secondary N) is 1. The van der Waals surface area contributed by atoms with Crippen LogP contribution in [-0.2, 0) is 4.79 Å². The first kappa shape index (κ1) is 15.3. The van der Waals surface area contributed by atoms with Crippen LogP contribution in [0.15, 0.2) is 18.2 Å². The molecule has 126 valence electrons. The van der Waals surface area contributed by atoms with Gasteiger partial charge in [0.15, 0.2) is 6.19 Å². The van der Waals surface area contributed by atoms with E-state index in [-0.39, 0.29) is 23.9 Å². The van der Waals surface area contributed by atoms with Gasteiger partial charge in [0.05, 0.1) is 18.0 Å². The standard InChI is InChI=1S/C18H23N5O/c1-12-3-2-4-17(20-12)22-8-7-13(10-22)18(24)21-15-9-14-5-6-16(15)23(14)11-19/h2-4,13-16H,5-10H2,1H3,(H,21,24)/t13?,14-,15+,16+/m0/s1. The van der Waals surface area contributed by atoms with Crippen molar-refractivity contribution in [2.45, 2.75) is 50.7 Å². The van der Waals surface area contributed by atoms with Crippen LogP contribution >= 0.6 is 0 Å². The first-order chi connectivity index (χ1) is 11.7. The number of hydrogen-bond acceptors (Lipinski definition) is 5. The van der Waals surface area contributed by atoms with E-state index >= 15 is 0 Å². The van der Waals surface area contributed by atoms with E-state index in [0.29, 0.717) is 6.04 Å². The van der Waals surface area contributed by atoms with Crippen LogP contribution in [-0.4, -0.2) is 47.0 Å². The molecular weight excluding hydrogens is 302 g/mol. The van der Waals surface area contributed by atoms with Crippen molar-refractivity contribution in [1.29, 1.82) is 5.26 Å². The number of carbonyl (C=O) groups excluding carboxylic acids is 1. The normalized spacial score (nSPS) is 31.3. The van der Waals surface area contributed by atoms with E-state index in [4.69, 9.17) is 0 Å². The van der Waals surface area contributed by atoms with Gasteiger partial charge in [0.25, 0.3) is 0 Å². The first-order valence-corrected chi connectivity index (χ1v) is 8.83. The molecule has 0 radical (unpaired) electrons. The van der Waals surface area contributed by atoms with E-state index in [1.54, 1.807) is 0 Å². The van der Waals surface area contributed by atoms with Gasteiger partial charge in [0.2, 0.25) is 5.91 Å². The van der Waals surface area contributed by atoms with Gasteiger partial charge in [-0.15, -0.1) is 0 Å². The van der Waals surface area contributed by atoms with Gasteiger partial charge in [0.1, 0.15) is 5.82 Å². The van der Waals surface area contributed by atoms with E-state index in [2.05, 4.69) is 21.4 Å². The topological polar surface area (TPSA) is 72.3 Å². The molecule has 4 atom stereocenters. The fourth-order valence-electron chi connectivity index (χ4n) is 4.49. The maximum absolute atomic E-state index is 12.7. The Morgan fingerprint density at radius 2 is 2.25 bits per heavy atom. The summed E-state index contributed by atoms with van der Waals surface area (Å²) in [5.74, 6) is 1.11. The third-order valence-corrected chi connectivity index (χ3v) is 5.74. The van der Waals surface area contributed by atoms with Gasteiger partial charge < -0.3 is 15.1 Å². The minimum atomic E-state index is 0.0157. The molecule has 1 aromatic rings. The lowest BCUT2D eigenvalue weighted by Gasteiger charge is -2.24. The van der Waals surface area contributed by atoms with Crippen LogP contribution < -0.4 is 10.2 Å². The molecule has 1 aromatic heterocycles. The predicted octanol–water partition coefficient (Wildman–Crippen LogP) is 1.42. The molecule has 1 N–H and O–H groups in total. The molecule has 0 saturated carbocycles. The highest BCUT2D eigenvalue weighted by atomic mass is 16.2. The first-order valence-electron chi connectivity index (χ1n) is 8.83. The zero-order chi connectivity index (χ0) is 16.7. The van der Waals surface area contributed by atoms with Gasteiger partial charge in [-0.2, -0.15) is 5.26 Å². The van der Waals surface area contributed by atoms with Gasteiger partial charge in [0, 0.05) is 24.8 Å². The number of anilines is 1. The lowest BCUT2D eigenvalue weighted by Crippen LogP contribution is -2.46. The number of nitriles is 1. The summed E-state index contributed by atoms with van der Waals surface area (Å²) in [6.45, 7) is 3.58. The summed E-state index contributed by atoms with van der Waals surface area (Å²) in [5.41, 5.74) is 0.999. The monoisotopic (exact) mass is 325 g/mol. The van der Waals surface area contributed by atoms with Crippen LogP contribution in [0.4, 0.5) is 5.82 Å². The summed E-state index contributed by atoms with van der Waals surface area (Å²) in [7, 11) is 0. The van der Waals surface area contributed by atoms with Gasteiger partial charge in [-0.25, -0.2) is 4.98 Å². The number of aromatic nitrogens is 1. The van der Waals surface area contributed by atoms with Crippen LogP contribution in [0, 0.1) is 24.3 Å². The van der Waals surface area contributed by atoms with Crippen molar-refractivity contribution in [3.8, 4) is 6.19 Å². The number of carbonyl (C=O) groups is 1. The fraction of sp³-hybridized carbons (Fsp3) is 0.611. The summed E-state index contributed by atoms with van der Waals surface area (Å²) in [6.07, 6.45) is 6.19. The summed E-state index contributed by atoms with van der Waals surface area (Å²) in [4.78, 5) is 21.3. The number of aryl methyl sites for hydroxylation is 1. The highest BCUT2D eigenvalue weighted by molar-refractivity contribution is 5.80. The molecule has 0 aliphatic carbocycles. The lowest BCUT2D eigenvalue weighted by molar-refractivity contribution is -0.125. The largest absolute Gasteiger partial charge is 0.356 e. The zero-order valence-electron chi connectivity index (χ0n) is 14.0. The average Bonchev–Trinajstić information content (AvgIpc) is 3.28. The van der Waals surface area contributed by atoms with Crippen molar-refractivity contribution in [1.82, 2.24) is 15.2 Å². The van der Waals surface area contributed by atoms with Crippen molar-refractivity contribution in [3.05, 3.63) is 23.9 Å². The Labute approximate surface area is 142 Å². The van der Waals surface area contributed by atoms with Crippen molar-refractivity contribution >= 4 is 11.7 Å². The number of rotatable bonds is 3. The van der Waals surface area contributed by atoms with Crippen molar-refractivity contribution < 1.29 is 4.79 Å². The molecule has 6 nitrogen and oxygen atoms in total. The quantitative estimate of drug-likeness (QED) is 0.851. The van der Waals surface area contributed by atoms with Crippen LogP contribution in [0.3, 0.4) is 0 Å². The molecule has 6 heteroatoms. The van der Waals surface area contributed by atoms with Crippen molar-refractivity contribution in [2.24, 2.45) is 5.92 Å². The van der Waals surface area contributed by atoms with Crippen LogP contribution in [0.5, 0.6) is 0 Å². The molecule has 3 saturated heterocycles. The maximum atomic E-state index is 12.7. The number of hydrogen-bond donors (Lipinski definition) is 1. The van der Waals surface area contributed by atoms with Crippen LogP contribution in [0.2, 0.25) is 0 Å². The van der Waals surface area contributed by atoms with E-state index in [9.17, 15) is 10.1 Å². The average molecular weight is 325 g/mol. The third kappa shape index (κ3) is 2.58. The van der Waals surface area contributed by atoms with Gasteiger partial charge in [-0.05, 0) is 44.7 Å². The van der Waals surface area contributed by atoms with Crippen LogP contribution in [0.25, 0.3) is 0 Å². The lowest BCUT2D eigenvalue weighted by atomic mass is 9.95. The molecule has 24 heavy (non-hydrogen) atoms. The molecule has 3 aliphatic heterocycles. The Hall–Kier alpha value is -2.29. The molecule has 2 bridgehead atoms. The van der Waals surface area contributed by atoms with Crippen molar-refractivity contribution in [2.75, 3.05) is 18.0 Å². The second-order valence-electron chi connectivity index (χ2n) is 7.23. The van der Waals surface area contributed by atoms with E-state index < -0.39 is 0 Å². The molecule has 1 unspecified atom stereocenters. The molecule has 1 amide bonds. The molecule has 0 aromatic carbocycles. The van der Waals surface area contributed by atoms with Crippen molar-refractivity contribution in [3.63, 3.8) is 0 Å².